The molecule has 3 aromatic rings. The maximum Gasteiger partial charge on any atom is 0.224 e. The summed E-state index contributed by atoms with van der Waals surface area (Å²) < 4.78 is 0. The van der Waals surface area contributed by atoms with Gasteiger partial charge in [-0.25, -0.2) is 0 Å². The molecule has 1 aromatic heterocycles. The fourth-order valence-electron chi connectivity index (χ4n) is 4.22. The van der Waals surface area contributed by atoms with E-state index in [0.717, 1.165) is 54.3 Å². The third kappa shape index (κ3) is 5.52. The highest BCUT2D eigenvalue weighted by Crippen LogP contribution is 2.26. The van der Waals surface area contributed by atoms with Crippen LogP contribution >= 0.6 is 11.6 Å². The number of nitrogens with zero attached hydrogens (tertiary/aromatic N) is 2. The van der Waals surface area contributed by atoms with Crippen molar-refractivity contribution in [1.82, 2.24) is 15.2 Å². The minimum absolute atomic E-state index is 0.0247. The SMILES string of the molecule is Cc1cccnc1C(NC(=O)C1CCN(Cc2ccc(Cl)cc2)CC1)c1ccccc1. The van der Waals surface area contributed by atoms with Crippen LogP contribution in [0.1, 0.15) is 41.3 Å². The highest BCUT2D eigenvalue weighted by Gasteiger charge is 2.28. The monoisotopic (exact) mass is 433 g/mol. The molecule has 0 spiro atoms. The van der Waals surface area contributed by atoms with E-state index >= 15 is 0 Å². The van der Waals surface area contributed by atoms with Crippen molar-refractivity contribution in [3.8, 4) is 0 Å². The van der Waals surface area contributed by atoms with Gasteiger partial charge in [-0.15, -0.1) is 0 Å². The van der Waals surface area contributed by atoms with Crippen LogP contribution in [0.3, 0.4) is 0 Å². The number of amides is 1. The fraction of sp³-hybridized carbons (Fsp3) is 0.308. The van der Waals surface area contributed by atoms with Crippen LogP contribution in [0.15, 0.2) is 72.9 Å². The molecule has 0 saturated carbocycles. The number of hydrogen-bond acceptors (Lipinski definition) is 3. The second kappa shape index (κ2) is 10.1. The summed E-state index contributed by atoms with van der Waals surface area (Å²) >= 11 is 5.99. The van der Waals surface area contributed by atoms with E-state index in [2.05, 4.69) is 27.3 Å². The van der Waals surface area contributed by atoms with Crippen molar-refractivity contribution < 1.29 is 4.79 Å². The molecule has 0 aliphatic carbocycles. The Bertz CT molecular complexity index is 999. The number of benzene rings is 2. The first-order valence-electron chi connectivity index (χ1n) is 10.8. The molecular formula is C26H28ClN3O. The number of aromatic nitrogens is 1. The summed E-state index contributed by atoms with van der Waals surface area (Å²) in [4.78, 5) is 20.2. The average Bonchev–Trinajstić information content (AvgIpc) is 2.80. The summed E-state index contributed by atoms with van der Waals surface area (Å²) in [6.45, 7) is 4.77. The van der Waals surface area contributed by atoms with Gasteiger partial charge in [-0.1, -0.05) is 60.1 Å². The van der Waals surface area contributed by atoms with Gasteiger partial charge in [0.1, 0.15) is 0 Å². The van der Waals surface area contributed by atoms with Crippen molar-refractivity contribution in [1.29, 1.82) is 0 Å². The number of piperidine rings is 1. The molecule has 1 aliphatic heterocycles. The van der Waals surface area contributed by atoms with Crippen molar-refractivity contribution in [3.63, 3.8) is 0 Å². The quantitative estimate of drug-likeness (QED) is 0.583. The van der Waals surface area contributed by atoms with E-state index in [9.17, 15) is 4.79 Å². The Labute approximate surface area is 189 Å². The van der Waals surface area contributed by atoms with E-state index in [-0.39, 0.29) is 17.9 Å². The first-order chi connectivity index (χ1) is 15.1. The number of hydrogen-bond donors (Lipinski definition) is 1. The summed E-state index contributed by atoms with van der Waals surface area (Å²) in [5, 5.41) is 4.06. The lowest BCUT2D eigenvalue weighted by Gasteiger charge is -2.32. The third-order valence-electron chi connectivity index (χ3n) is 6.02. The Morgan fingerprint density at radius 2 is 1.77 bits per heavy atom. The summed E-state index contributed by atoms with van der Waals surface area (Å²) in [6, 6.07) is 21.8. The first kappa shape index (κ1) is 21.5. The molecule has 1 amide bonds. The zero-order chi connectivity index (χ0) is 21.6. The molecule has 4 nitrogen and oxygen atoms in total. The van der Waals surface area contributed by atoms with Gasteiger partial charge in [0.25, 0.3) is 0 Å². The first-order valence-corrected chi connectivity index (χ1v) is 11.2. The van der Waals surface area contributed by atoms with E-state index in [4.69, 9.17) is 11.6 Å². The second-order valence-electron chi connectivity index (χ2n) is 8.23. The van der Waals surface area contributed by atoms with Crippen molar-refractivity contribution in [2.24, 2.45) is 5.92 Å². The van der Waals surface area contributed by atoms with Crippen LogP contribution in [0, 0.1) is 12.8 Å². The van der Waals surface area contributed by atoms with E-state index in [1.54, 1.807) is 6.20 Å². The molecule has 0 radical (unpaired) electrons. The maximum atomic E-state index is 13.2. The Balaban J connectivity index is 1.40. The number of rotatable bonds is 6. The zero-order valence-corrected chi connectivity index (χ0v) is 18.6. The number of carbonyl (C=O) groups excluding carboxylic acids is 1. The molecule has 1 fully saturated rings. The largest absolute Gasteiger partial charge is 0.343 e. The minimum atomic E-state index is -0.234. The molecule has 0 bridgehead atoms. The van der Waals surface area contributed by atoms with Gasteiger partial charge < -0.3 is 5.32 Å². The van der Waals surface area contributed by atoms with Crippen molar-refractivity contribution in [3.05, 3.63) is 100 Å². The van der Waals surface area contributed by atoms with Crippen LogP contribution < -0.4 is 5.32 Å². The predicted molar refractivity (Wildman–Crippen MR) is 125 cm³/mol. The van der Waals surface area contributed by atoms with Gasteiger partial charge in [0.05, 0.1) is 11.7 Å². The molecule has 1 aliphatic rings. The normalized spacial score (nSPS) is 16.1. The van der Waals surface area contributed by atoms with E-state index in [0.29, 0.717) is 0 Å². The maximum absolute atomic E-state index is 13.2. The smallest absolute Gasteiger partial charge is 0.224 e. The molecule has 2 heterocycles. The summed E-state index contributed by atoms with van der Waals surface area (Å²) in [5.41, 5.74) is 4.29. The second-order valence-corrected chi connectivity index (χ2v) is 8.67. The molecule has 1 saturated heterocycles. The minimum Gasteiger partial charge on any atom is -0.343 e. The lowest BCUT2D eigenvalue weighted by Crippen LogP contribution is -2.41. The van der Waals surface area contributed by atoms with E-state index in [1.807, 2.05) is 61.5 Å². The Kier molecular flexibility index (Phi) is 7.00. The molecule has 2 aromatic carbocycles. The van der Waals surface area contributed by atoms with Gasteiger partial charge in [-0.2, -0.15) is 0 Å². The van der Waals surface area contributed by atoms with Crippen LogP contribution in [-0.4, -0.2) is 28.9 Å². The molecular weight excluding hydrogens is 406 g/mol. The third-order valence-corrected chi connectivity index (χ3v) is 6.27. The molecule has 160 valence electrons. The summed E-state index contributed by atoms with van der Waals surface area (Å²) in [7, 11) is 0. The zero-order valence-electron chi connectivity index (χ0n) is 17.8. The summed E-state index contributed by atoms with van der Waals surface area (Å²) in [5.74, 6) is 0.141. The average molecular weight is 434 g/mol. The molecule has 31 heavy (non-hydrogen) atoms. The highest BCUT2D eigenvalue weighted by atomic mass is 35.5. The number of pyridine rings is 1. The van der Waals surface area contributed by atoms with E-state index in [1.165, 1.54) is 5.56 Å². The number of likely N-dealkylation sites (tertiary alicyclic amines) is 1. The molecule has 4 rings (SSSR count). The Morgan fingerprint density at radius 1 is 1.06 bits per heavy atom. The standard InChI is InChI=1S/C26H28ClN3O/c1-19-6-5-15-28-24(19)25(21-7-3-2-4-8-21)29-26(31)22-13-16-30(17-14-22)18-20-9-11-23(27)12-10-20/h2-12,15,22,25H,13-14,16-18H2,1H3,(H,29,31). The lowest BCUT2D eigenvalue weighted by molar-refractivity contribution is -0.127. The fourth-order valence-corrected chi connectivity index (χ4v) is 4.34. The van der Waals surface area contributed by atoms with E-state index < -0.39 is 0 Å². The van der Waals surface area contributed by atoms with Crippen molar-refractivity contribution in [2.75, 3.05) is 13.1 Å². The molecule has 1 atom stereocenters. The van der Waals surface area contributed by atoms with Crippen LogP contribution in [0.2, 0.25) is 5.02 Å². The van der Waals surface area contributed by atoms with Crippen LogP contribution in [0.25, 0.3) is 0 Å². The van der Waals surface area contributed by atoms with Crippen LogP contribution in [-0.2, 0) is 11.3 Å². The number of carbonyl (C=O) groups is 1. The van der Waals surface area contributed by atoms with Gasteiger partial charge in [-0.3, -0.25) is 14.7 Å². The van der Waals surface area contributed by atoms with Gasteiger partial charge >= 0.3 is 0 Å². The molecule has 1 unspecified atom stereocenters. The predicted octanol–water partition coefficient (Wildman–Crippen LogP) is 5.16. The van der Waals surface area contributed by atoms with Gasteiger partial charge in [0.15, 0.2) is 0 Å². The summed E-state index contributed by atoms with van der Waals surface area (Å²) in [6.07, 6.45) is 3.52. The number of aryl methyl sites for hydroxylation is 1. The Morgan fingerprint density at radius 3 is 2.45 bits per heavy atom. The number of halogens is 1. The topological polar surface area (TPSA) is 45.2 Å². The van der Waals surface area contributed by atoms with Gasteiger partial charge in [0, 0.05) is 23.7 Å². The van der Waals surface area contributed by atoms with Gasteiger partial charge in [0.2, 0.25) is 5.91 Å². The lowest BCUT2D eigenvalue weighted by atomic mass is 9.93. The highest BCUT2D eigenvalue weighted by molar-refractivity contribution is 6.30. The van der Waals surface area contributed by atoms with Crippen molar-refractivity contribution >= 4 is 17.5 Å². The number of nitrogens with one attached hydrogen (secondary N) is 1. The Hall–Kier alpha value is -2.69. The van der Waals surface area contributed by atoms with Crippen LogP contribution in [0.4, 0.5) is 0 Å². The van der Waals surface area contributed by atoms with Crippen molar-refractivity contribution in [2.45, 2.75) is 32.4 Å². The molecule has 1 N–H and O–H groups in total. The van der Waals surface area contributed by atoms with Gasteiger partial charge in [-0.05, 0) is 67.7 Å². The molecule has 5 heteroatoms. The van der Waals surface area contributed by atoms with Crippen LogP contribution in [0.5, 0.6) is 0 Å².